The fraction of sp³-hybridized carbons (Fsp3) is 0.185. The Balaban J connectivity index is 1.38. The fourth-order valence-electron chi connectivity index (χ4n) is 3.96. The highest BCUT2D eigenvalue weighted by Crippen LogP contribution is 2.40. The van der Waals surface area contributed by atoms with Crippen molar-refractivity contribution in [3.8, 4) is 0 Å². The van der Waals surface area contributed by atoms with E-state index < -0.39 is 0 Å². The van der Waals surface area contributed by atoms with Gasteiger partial charge in [0.15, 0.2) is 5.09 Å². The number of nitrogens with one attached hydrogen (secondary N) is 1. The van der Waals surface area contributed by atoms with Gasteiger partial charge in [-0.3, -0.25) is 4.79 Å². The van der Waals surface area contributed by atoms with E-state index in [2.05, 4.69) is 21.2 Å². The van der Waals surface area contributed by atoms with Crippen LogP contribution in [0, 0.1) is 0 Å². The van der Waals surface area contributed by atoms with E-state index in [1.165, 1.54) is 4.88 Å². The van der Waals surface area contributed by atoms with E-state index in [0.717, 1.165) is 61.8 Å². The smallest absolute Gasteiger partial charge is 0.254 e. The van der Waals surface area contributed by atoms with Crippen LogP contribution in [0.4, 0.5) is 5.00 Å². The van der Waals surface area contributed by atoms with Gasteiger partial charge < -0.3 is 9.73 Å². The second-order valence-electron chi connectivity index (χ2n) is 8.02. The fourth-order valence-corrected chi connectivity index (χ4v) is 6.54. The van der Waals surface area contributed by atoms with Crippen LogP contribution in [0.25, 0.3) is 0 Å². The molecule has 0 atom stereocenters. The number of rotatable bonds is 7. The number of aryl methyl sites for hydroxylation is 1. The molecule has 0 unspecified atom stereocenters. The van der Waals surface area contributed by atoms with Gasteiger partial charge in [-0.25, -0.2) is 4.99 Å². The average Bonchev–Trinajstić information content (AvgIpc) is 3.42. The summed E-state index contributed by atoms with van der Waals surface area (Å²) in [6.07, 6.45) is 5.92. The van der Waals surface area contributed by atoms with Gasteiger partial charge in [-0.2, -0.15) is 0 Å². The first-order valence-corrected chi connectivity index (χ1v) is 13.6. The van der Waals surface area contributed by atoms with Gasteiger partial charge in [0.1, 0.15) is 10.8 Å². The first-order chi connectivity index (χ1) is 16.7. The zero-order valence-corrected chi connectivity index (χ0v) is 21.6. The SMILES string of the molecule is O=C(NCc1ccccc1)c1c(N=Cc2cc(Br)c(Sc3ccccc3)o2)sc2c1CCCC2. The third-order valence-corrected chi connectivity index (χ3v) is 8.66. The first-order valence-electron chi connectivity index (χ1n) is 11.2. The summed E-state index contributed by atoms with van der Waals surface area (Å²) in [5.74, 6) is 0.587. The molecule has 0 radical (unpaired) electrons. The number of aliphatic imine (C=N–C) groups is 1. The number of carbonyl (C=O) groups excluding carboxylic acids is 1. The van der Waals surface area contributed by atoms with Crippen LogP contribution in [-0.2, 0) is 19.4 Å². The Hall–Kier alpha value is -2.61. The number of amides is 1. The number of furan rings is 1. The van der Waals surface area contributed by atoms with Crippen molar-refractivity contribution in [1.82, 2.24) is 5.32 Å². The second-order valence-corrected chi connectivity index (χ2v) is 11.0. The lowest BCUT2D eigenvalue weighted by molar-refractivity contribution is 0.0951. The van der Waals surface area contributed by atoms with Gasteiger partial charge in [0.25, 0.3) is 5.91 Å². The molecule has 2 aromatic heterocycles. The lowest BCUT2D eigenvalue weighted by Crippen LogP contribution is -2.24. The van der Waals surface area contributed by atoms with Gasteiger partial charge in [0.05, 0.1) is 16.3 Å². The quantitative estimate of drug-likeness (QED) is 0.238. The molecule has 1 amide bonds. The van der Waals surface area contributed by atoms with Crippen LogP contribution < -0.4 is 5.32 Å². The summed E-state index contributed by atoms with van der Waals surface area (Å²) < 4.78 is 6.90. The summed E-state index contributed by atoms with van der Waals surface area (Å²) in [5, 5.41) is 4.62. The molecule has 2 aromatic carbocycles. The van der Waals surface area contributed by atoms with E-state index in [1.54, 1.807) is 29.3 Å². The molecule has 7 heteroatoms. The van der Waals surface area contributed by atoms with Gasteiger partial charge in [-0.1, -0.05) is 60.3 Å². The predicted molar refractivity (Wildman–Crippen MR) is 143 cm³/mol. The minimum Gasteiger partial charge on any atom is -0.447 e. The predicted octanol–water partition coefficient (Wildman–Crippen LogP) is 7.81. The summed E-state index contributed by atoms with van der Waals surface area (Å²) in [7, 11) is 0. The van der Waals surface area contributed by atoms with E-state index >= 15 is 0 Å². The van der Waals surface area contributed by atoms with Crippen molar-refractivity contribution >= 4 is 56.2 Å². The lowest BCUT2D eigenvalue weighted by atomic mass is 9.95. The van der Waals surface area contributed by atoms with Crippen molar-refractivity contribution in [2.75, 3.05) is 0 Å². The minimum atomic E-state index is -0.0589. The minimum absolute atomic E-state index is 0.0589. The number of benzene rings is 2. The summed E-state index contributed by atoms with van der Waals surface area (Å²) in [4.78, 5) is 20.3. The van der Waals surface area contributed by atoms with Crippen LogP contribution in [-0.4, -0.2) is 12.1 Å². The Kier molecular flexibility index (Phi) is 7.33. The monoisotopic (exact) mass is 550 g/mol. The maximum Gasteiger partial charge on any atom is 0.254 e. The zero-order valence-electron chi connectivity index (χ0n) is 18.4. The molecule has 5 rings (SSSR count). The number of hydrogen-bond acceptors (Lipinski definition) is 5. The number of halogens is 1. The molecule has 172 valence electrons. The summed E-state index contributed by atoms with van der Waals surface area (Å²) in [5.41, 5.74) is 2.96. The Morgan fingerprint density at radius 1 is 1.09 bits per heavy atom. The van der Waals surface area contributed by atoms with Crippen molar-refractivity contribution < 1.29 is 9.21 Å². The molecule has 0 aliphatic heterocycles. The van der Waals surface area contributed by atoms with E-state index in [-0.39, 0.29) is 5.91 Å². The van der Waals surface area contributed by atoms with Gasteiger partial charge in [0.2, 0.25) is 0 Å². The molecule has 1 aliphatic rings. The van der Waals surface area contributed by atoms with Crippen LogP contribution in [0.5, 0.6) is 0 Å². The largest absolute Gasteiger partial charge is 0.447 e. The Morgan fingerprint density at radius 2 is 1.82 bits per heavy atom. The number of fused-ring (bicyclic) bond motifs is 1. The topological polar surface area (TPSA) is 54.6 Å². The molecule has 0 spiro atoms. The Labute approximate surface area is 215 Å². The summed E-state index contributed by atoms with van der Waals surface area (Å²) in [6.45, 7) is 0.499. The molecule has 34 heavy (non-hydrogen) atoms. The van der Waals surface area contributed by atoms with E-state index in [4.69, 9.17) is 9.41 Å². The molecule has 0 fully saturated rings. The van der Waals surface area contributed by atoms with Crippen molar-refractivity contribution in [2.45, 2.75) is 42.2 Å². The van der Waals surface area contributed by atoms with Crippen LogP contribution in [0.3, 0.4) is 0 Å². The molecule has 1 N–H and O–H groups in total. The van der Waals surface area contributed by atoms with Crippen molar-refractivity contribution in [1.29, 1.82) is 0 Å². The highest BCUT2D eigenvalue weighted by atomic mass is 79.9. The molecule has 0 saturated heterocycles. The van der Waals surface area contributed by atoms with E-state index in [9.17, 15) is 4.79 Å². The third kappa shape index (κ3) is 5.37. The normalized spacial score (nSPS) is 13.2. The average molecular weight is 552 g/mol. The maximum atomic E-state index is 13.2. The van der Waals surface area contributed by atoms with Gasteiger partial charge in [-0.15, -0.1) is 11.3 Å². The van der Waals surface area contributed by atoms with E-state index in [0.29, 0.717) is 12.3 Å². The molecule has 0 bridgehead atoms. The third-order valence-electron chi connectivity index (χ3n) is 5.61. The molecular weight excluding hydrogens is 528 g/mol. The van der Waals surface area contributed by atoms with Gasteiger partial charge in [-0.05, 0) is 64.9 Å². The van der Waals surface area contributed by atoms with Crippen LogP contribution in [0.2, 0.25) is 0 Å². The van der Waals surface area contributed by atoms with Gasteiger partial charge in [0, 0.05) is 22.4 Å². The number of hydrogen-bond donors (Lipinski definition) is 1. The summed E-state index contributed by atoms with van der Waals surface area (Å²) in [6, 6.07) is 22.0. The van der Waals surface area contributed by atoms with Crippen LogP contribution in [0.1, 0.15) is 45.0 Å². The van der Waals surface area contributed by atoms with Gasteiger partial charge >= 0.3 is 0 Å². The second kappa shape index (κ2) is 10.8. The molecule has 4 aromatic rings. The zero-order chi connectivity index (χ0) is 23.3. The highest BCUT2D eigenvalue weighted by Gasteiger charge is 2.25. The van der Waals surface area contributed by atoms with Crippen LogP contribution >= 0.6 is 39.0 Å². The Morgan fingerprint density at radius 3 is 2.62 bits per heavy atom. The molecule has 0 saturated carbocycles. The maximum absolute atomic E-state index is 13.2. The number of nitrogens with zero attached hydrogens (tertiary/aromatic N) is 1. The molecule has 1 aliphatic carbocycles. The van der Waals surface area contributed by atoms with Crippen molar-refractivity contribution in [3.63, 3.8) is 0 Å². The highest BCUT2D eigenvalue weighted by molar-refractivity contribution is 9.10. The summed E-state index contributed by atoms with van der Waals surface area (Å²) >= 11 is 6.77. The van der Waals surface area contributed by atoms with E-state index in [1.807, 2.05) is 66.7 Å². The lowest BCUT2D eigenvalue weighted by Gasteiger charge is -2.12. The van der Waals surface area contributed by atoms with Crippen LogP contribution in [0.15, 0.2) is 90.6 Å². The Bertz CT molecular complexity index is 1310. The first kappa shape index (κ1) is 23.1. The molecule has 4 nitrogen and oxygen atoms in total. The van der Waals surface area contributed by atoms with Crippen molar-refractivity contribution in [3.05, 3.63) is 98.5 Å². The molecule has 2 heterocycles. The number of carbonyl (C=O) groups is 1. The number of thiophene rings is 1. The van der Waals surface area contributed by atoms with Crippen molar-refractivity contribution in [2.24, 2.45) is 4.99 Å². The standard InChI is InChI=1S/C27H23BrN2O2S2/c28-22-15-19(32-27(22)33-20-11-5-2-6-12-20)17-30-26-24(21-13-7-8-14-23(21)34-26)25(31)29-16-18-9-3-1-4-10-18/h1-6,9-12,15,17H,7-8,13-14,16H2,(H,29,31). The molecular formula is C27H23BrN2O2S2.